The lowest BCUT2D eigenvalue weighted by Gasteiger charge is -2.07. The van der Waals surface area contributed by atoms with Gasteiger partial charge in [0.2, 0.25) is 5.88 Å². The van der Waals surface area contributed by atoms with E-state index in [2.05, 4.69) is 10.3 Å². The molecule has 4 heteroatoms. The van der Waals surface area contributed by atoms with Gasteiger partial charge in [0.05, 0.1) is 7.11 Å². The fourth-order valence-electron chi connectivity index (χ4n) is 2.03. The van der Waals surface area contributed by atoms with Crippen molar-refractivity contribution in [1.29, 1.82) is 0 Å². The van der Waals surface area contributed by atoms with Gasteiger partial charge < -0.3 is 10.1 Å². The number of hydrogen-bond donors (Lipinski definition) is 1. The van der Waals surface area contributed by atoms with Crippen molar-refractivity contribution in [3.63, 3.8) is 0 Å². The first-order valence-electron chi connectivity index (χ1n) is 6.44. The van der Waals surface area contributed by atoms with Gasteiger partial charge in [-0.25, -0.2) is 4.98 Å². The molecule has 0 bridgehead atoms. The Labute approximate surface area is 118 Å². The number of hydrogen-bond acceptors (Lipinski definition) is 3. The Balaban J connectivity index is 2.00. The Hall–Kier alpha value is -2.36. The number of carbonyl (C=O) groups excluding carboxylic acids is 1. The summed E-state index contributed by atoms with van der Waals surface area (Å²) in [6.45, 7) is 4.41. The second-order valence-corrected chi connectivity index (χ2v) is 4.77. The summed E-state index contributed by atoms with van der Waals surface area (Å²) in [6, 6.07) is 9.47. The molecule has 0 saturated carbocycles. The minimum Gasteiger partial charge on any atom is -0.481 e. The molecule has 0 aliphatic rings. The number of rotatable bonds is 4. The van der Waals surface area contributed by atoms with Crippen LogP contribution in [0.15, 0.2) is 36.5 Å². The lowest BCUT2D eigenvalue weighted by Crippen LogP contribution is -2.23. The standard InChI is InChI=1S/C16H18N2O2/c1-11-6-12(2)8-14(7-11)16(19)18-10-13-4-5-15(20-3)17-9-13/h4-9H,10H2,1-3H3,(H,18,19). The molecule has 0 fully saturated rings. The highest BCUT2D eigenvalue weighted by Gasteiger charge is 2.06. The highest BCUT2D eigenvalue weighted by molar-refractivity contribution is 5.94. The molecule has 0 spiro atoms. The highest BCUT2D eigenvalue weighted by Crippen LogP contribution is 2.10. The number of nitrogens with one attached hydrogen (secondary N) is 1. The lowest BCUT2D eigenvalue weighted by atomic mass is 10.1. The minimum absolute atomic E-state index is 0.0763. The van der Waals surface area contributed by atoms with Gasteiger partial charge in [-0.3, -0.25) is 4.79 Å². The van der Waals surface area contributed by atoms with Gasteiger partial charge in [-0.05, 0) is 31.5 Å². The maximum absolute atomic E-state index is 12.1. The summed E-state index contributed by atoms with van der Waals surface area (Å²) in [6.07, 6.45) is 1.70. The van der Waals surface area contributed by atoms with Crippen molar-refractivity contribution >= 4 is 5.91 Å². The normalized spacial score (nSPS) is 10.2. The Kier molecular flexibility index (Phi) is 4.35. The van der Waals surface area contributed by atoms with E-state index in [1.807, 2.05) is 38.1 Å². The van der Waals surface area contributed by atoms with Crippen molar-refractivity contribution in [2.75, 3.05) is 7.11 Å². The van der Waals surface area contributed by atoms with E-state index in [1.165, 1.54) is 0 Å². The van der Waals surface area contributed by atoms with E-state index < -0.39 is 0 Å². The average molecular weight is 270 g/mol. The maximum atomic E-state index is 12.1. The zero-order valence-electron chi connectivity index (χ0n) is 11.9. The fourth-order valence-corrected chi connectivity index (χ4v) is 2.03. The highest BCUT2D eigenvalue weighted by atomic mass is 16.5. The van der Waals surface area contributed by atoms with Gasteiger partial charge in [0.1, 0.15) is 0 Å². The molecular weight excluding hydrogens is 252 g/mol. The monoisotopic (exact) mass is 270 g/mol. The summed E-state index contributed by atoms with van der Waals surface area (Å²) in [5.41, 5.74) is 3.79. The molecule has 0 aliphatic heterocycles. The zero-order chi connectivity index (χ0) is 14.5. The van der Waals surface area contributed by atoms with E-state index in [-0.39, 0.29) is 5.91 Å². The summed E-state index contributed by atoms with van der Waals surface area (Å²) in [4.78, 5) is 16.2. The van der Waals surface area contributed by atoms with Crippen molar-refractivity contribution in [3.05, 3.63) is 58.8 Å². The van der Waals surface area contributed by atoms with Crippen LogP contribution in [0.4, 0.5) is 0 Å². The molecule has 4 nitrogen and oxygen atoms in total. The molecule has 1 aromatic carbocycles. The zero-order valence-corrected chi connectivity index (χ0v) is 11.9. The summed E-state index contributed by atoms with van der Waals surface area (Å²) in [7, 11) is 1.57. The average Bonchev–Trinajstić information content (AvgIpc) is 2.44. The first-order valence-corrected chi connectivity index (χ1v) is 6.44. The number of methoxy groups -OCH3 is 1. The van der Waals surface area contributed by atoms with Crippen LogP contribution in [0.2, 0.25) is 0 Å². The number of aromatic nitrogens is 1. The molecule has 2 rings (SSSR count). The Morgan fingerprint density at radius 2 is 1.90 bits per heavy atom. The molecule has 0 radical (unpaired) electrons. The predicted molar refractivity (Wildman–Crippen MR) is 77.9 cm³/mol. The van der Waals surface area contributed by atoms with Crippen LogP contribution in [0.1, 0.15) is 27.0 Å². The quantitative estimate of drug-likeness (QED) is 0.929. The van der Waals surface area contributed by atoms with E-state index >= 15 is 0 Å². The van der Waals surface area contributed by atoms with Crippen LogP contribution >= 0.6 is 0 Å². The number of benzene rings is 1. The van der Waals surface area contributed by atoms with Crippen LogP contribution in [-0.2, 0) is 6.54 Å². The van der Waals surface area contributed by atoms with Gasteiger partial charge in [-0.1, -0.05) is 23.3 Å². The number of nitrogens with zero attached hydrogens (tertiary/aromatic N) is 1. The third-order valence-electron chi connectivity index (χ3n) is 2.94. The molecule has 1 amide bonds. The number of carbonyl (C=O) groups is 1. The molecule has 20 heavy (non-hydrogen) atoms. The van der Waals surface area contributed by atoms with Crippen LogP contribution in [0.5, 0.6) is 5.88 Å². The fraction of sp³-hybridized carbons (Fsp3) is 0.250. The van der Waals surface area contributed by atoms with Gasteiger partial charge >= 0.3 is 0 Å². The van der Waals surface area contributed by atoms with Gasteiger partial charge in [0.15, 0.2) is 0 Å². The summed E-state index contributed by atoms with van der Waals surface area (Å²) in [5.74, 6) is 0.488. The third kappa shape index (κ3) is 3.57. The Morgan fingerprint density at radius 1 is 1.20 bits per heavy atom. The Morgan fingerprint density at radius 3 is 2.45 bits per heavy atom. The van der Waals surface area contributed by atoms with Crippen molar-refractivity contribution < 1.29 is 9.53 Å². The van der Waals surface area contributed by atoms with Gasteiger partial charge in [0, 0.05) is 24.4 Å². The Bertz CT molecular complexity index is 586. The molecule has 2 aromatic rings. The van der Waals surface area contributed by atoms with Crippen LogP contribution in [0.3, 0.4) is 0 Å². The van der Waals surface area contributed by atoms with Gasteiger partial charge in [-0.2, -0.15) is 0 Å². The van der Waals surface area contributed by atoms with Crippen LogP contribution < -0.4 is 10.1 Å². The van der Waals surface area contributed by atoms with Crippen molar-refractivity contribution in [3.8, 4) is 5.88 Å². The molecule has 1 N–H and O–H groups in total. The smallest absolute Gasteiger partial charge is 0.251 e. The molecule has 1 heterocycles. The number of aryl methyl sites for hydroxylation is 2. The van der Waals surface area contributed by atoms with Gasteiger partial charge in [-0.15, -0.1) is 0 Å². The summed E-state index contributed by atoms with van der Waals surface area (Å²) >= 11 is 0. The lowest BCUT2D eigenvalue weighted by molar-refractivity contribution is 0.0950. The predicted octanol–water partition coefficient (Wildman–Crippen LogP) is 2.64. The second-order valence-electron chi connectivity index (χ2n) is 4.77. The molecule has 0 aliphatic carbocycles. The van der Waals surface area contributed by atoms with Crippen molar-refractivity contribution in [1.82, 2.24) is 10.3 Å². The van der Waals surface area contributed by atoms with E-state index in [9.17, 15) is 4.79 Å². The summed E-state index contributed by atoms with van der Waals surface area (Å²) in [5, 5.41) is 2.89. The number of pyridine rings is 1. The number of ether oxygens (including phenoxy) is 1. The van der Waals surface area contributed by atoms with E-state index in [0.29, 0.717) is 18.0 Å². The number of amides is 1. The van der Waals surface area contributed by atoms with Crippen molar-refractivity contribution in [2.45, 2.75) is 20.4 Å². The first-order chi connectivity index (χ1) is 9.58. The first kappa shape index (κ1) is 14.1. The third-order valence-corrected chi connectivity index (χ3v) is 2.94. The van der Waals surface area contributed by atoms with Gasteiger partial charge in [0.25, 0.3) is 5.91 Å². The molecule has 0 unspecified atom stereocenters. The second kappa shape index (κ2) is 6.19. The summed E-state index contributed by atoms with van der Waals surface area (Å²) < 4.78 is 4.99. The topological polar surface area (TPSA) is 51.2 Å². The molecule has 104 valence electrons. The molecule has 0 saturated heterocycles. The molecular formula is C16H18N2O2. The van der Waals surface area contributed by atoms with Crippen molar-refractivity contribution in [2.24, 2.45) is 0 Å². The van der Waals surface area contributed by atoms with Crippen LogP contribution in [0.25, 0.3) is 0 Å². The SMILES string of the molecule is COc1ccc(CNC(=O)c2cc(C)cc(C)c2)cn1. The largest absolute Gasteiger partial charge is 0.481 e. The molecule has 1 aromatic heterocycles. The minimum atomic E-state index is -0.0763. The molecule has 0 atom stereocenters. The van der Waals surface area contributed by atoms with E-state index in [1.54, 1.807) is 19.4 Å². The maximum Gasteiger partial charge on any atom is 0.251 e. The van der Waals surface area contributed by atoms with Crippen LogP contribution in [-0.4, -0.2) is 18.0 Å². The van der Waals surface area contributed by atoms with Crippen LogP contribution in [0, 0.1) is 13.8 Å². The van der Waals surface area contributed by atoms with E-state index in [4.69, 9.17) is 4.74 Å². The van der Waals surface area contributed by atoms with E-state index in [0.717, 1.165) is 16.7 Å².